The van der Waals surface area contributed by atoms with Gasteiger partial charge in [0.15, 0.2) is 0 Å². The number of carbonyl (C=O) groups is 1. The molecule has 2 aliphatic rings. The van der Waals surface area contributed by atoms with E-state index in [2.05, 4.69) is 34.7 Å². The molecule has 0 spiro atoms. The fraction of sp³-hybridized carbons (Fsp3) is 0.471. The van der Waals surface area contributed by atoms with E-state index >= 15 is 0 Å². The van der Waals surface area contributed by atoms with Gasteiger partial charge >= 0.3 is 6.09 Å². The number of cyclic esters (lactones) is 1. The molecule has 0 unspecified atom stereocenters. The summed E-state index contributed by atoms with van der Waals surface area (Å²) in [6.45, 7) is 1.82. The SMILES string of the molecule is CNC1CC(c2c[nH]c3ccc(CN4CCOC4=O)cc23)C1. The number of hydrogen-bond donors (Lipinski definition) is 2. The molecule has 1 amide bonds. The maximum absolute atomic E-state index is 11.6. The van der Waals surface area contributed by atoms with E-state index in [0.29, 0.717) is 31.7 Å². The fourth-order valence-corrected chi connectivity index (χ4v) is 3.52. The predicted molar refractivity (Wildman–Crippen MR) is 84.9 cm³/mol. The average molecular weight is 299 g/mol. The Morgan fingerprint density at radius 2 is 2.27 bits per heavy atom. The minimum Gasteiger partial charge on any atom is -0.448 e. The molecule has 1 aliphatic heterocycles. The Morgan fingerprint density at radius 1 is 1.41 bits per heavy atom. The van der Waals surface area contributed by atoms with E-state index in [4.69, 9.17) is 4.74 Å². The molecule has 2 fully saturated rings. The Balaban J connectivity index is 1.58. The lowest BCUT2D eigenvalue weighted by atomic mass is 9.76. The molecule has 0 atom stereocenters. The first-order valence-corrected chi connectivity index (χ1v) is 7.93. The lowest BCUT2D eigenvalue weighted by Gasteiger charge is -2.35. The normalized spacial score (nSPS) is 24.6. The number of hydrogen-bond acceptors (Lipinski definition) is 3. The summed E-state index contributed by atoms with van der Waals surface area (Å²) in [5.74, 6) is 0.637. The van der Waals surface area contributed by atoms with E-state index in [1.807, 2.05) is 7.05 Å². The molecule has 1 saturated heterocycles. The second-order valence-electron chi connectivity index (χ2n) is 6.31. The van der Waals surface area contributed by atoms with Crippen LogP contribution < -0.4 is 5.32 Å². The molecule has 116 valence electrons. The van der Waals surface area contributed by atoms with Crippen molar-refractivity contribution < 1.29 is 9.53 Å². The van der Waals surface area contributed by atoms with Crippen LogP contribution in [0.2, 0.25) is 0 Å². The van der Waals surface area contributed by atoms with Crippen LogP contribution in [0.3, 0.4) is 0 Å². The van der Waals surface area contributed by atoms with Crippen LogP contribution in [0.4, 0.5) is 4.79 Å². The second kappa shape index (κ2) is 5.32. The summed E-state index contributed by atoms with van der Waals surface area (Å²) in [5, 5.41) is 4.63. The average Bonchev–Trinajstić information content (AvgIpc) is 3.06. The van der Waals surface area contributed by atoms with Crippen molar-refractivity contribution in [1.29, 1.82) is 0 Å². The monoisotopic (exact) mass is 299 g/mol. The third kappa shape index (κ3) is 2.25. The summed E-state index contributed by atoms with van der Waals surface area (Å²) in [6.07, 6.45) is 4.35. The van der Waals surface area contributed by atoms with Crippen LogP contribution in [0.25, 0.3) is 10.9 Å². The van der Waals surface area contributed by atoms with Gasteiger partial charge in [-0.1, -0.05) is 6.07 Å². The minimum atomic E-state index is -0.203. The molecule has 2 N–H and O–H groups in total. The van der Waals surface area contributed by atoms with E-state index in [1.54, 1.807) is 4.90 Å². The number of amides is 1. The number of H-pyrrole nitrogens is 1. The van der Waals surface area contributed by atoms with Crippen LogP contribution in [0.15, 0.2) is 24.4 Å². The Labute approximate surface area is 129 Å². The molecule has 1 aliphatic carbocycles. The zero-order valence-corrected chi connectivity index (χ0v) is 12.8. The summed E-state index contributed by atoms with van der Waals surface area (Å²) in [5.41, 5.74) is 3.75. The zero-order chi connectivity index (χ0) is 15.1. The third-order valence-corrected chi connectivity index (χ3v) is 4.98. The number of benzene rings is 1. The summed E-state index contributed by atoms with van der Waals surface area (Å²) in [4.78, 5) is 16.7. The van der Waals surface area contributed by atoms with Crippen molar-refractivity contribution in [3.05, 3.63) is 35.5 Å². The molecular formula is C17H21N3O2. The molecule has 5 heteroatoms. The number of aromatic nitrogens is 1. The first-order valence-electron chi connectivity index (χ1n) is 7.93. The van der Waals surface area contributed by atoms with Crippen LogP contribution >= 0.6 is 0 Å². The lowest BCUT2D eigenvalue weighted by molar-refractivity contribution is 0.157. The molecule has 1 aromatic heterocycles. The maximum atomic E-state index is 11.6. The van der Waals surface area contributed by atoms with Crippen LogP contribution in [0.1, 0.15) is 29.9 Å². The molecule has 1 aromatic carbocycles. The quantitative estimate of drug-likeness (QED) is 0.912. The Bertz CT molecular complexity index is 703. The van der Waals surface area contributed by atoms with E-state index < -0.39 is 0 Å². The van der Waals surface area contributed by atoms with Crippen molar-refractivity contribution in [2.45, 2.75) is 31.3 Å². The highest BCUT2D eigenvalue weighted by molar-refractivity contribution is 5.84. The van der Waals surface area contributed by atoms with E-state index in [1.165, 1.54) is 29.3 Å². The van der Waals surface area contributed by atoms with Crippen molar-refractivity contribution >= 4 is 17.0 Å². The Hall–Kier alpha value is -2.01. The van der Waals surface area contributed by atoms with Crippen molar-refractivity contribution in [2.24, 2.45) is 0 Å². The Morgan fingerprint density at radius 3 is 3.00 bits per heavy atom. The van der Waals surface area contributed by atoms with Gasteiger partial charge in [-0.2, -0.15) is 0 Å². The molecule has 0 radical (unpaired) electrons. The van der Waals surface area contributed by atoms with Gasteiger partial charge in [0.2, 0.25) is 0 Å². The zero-order valence-electron chi connectivity index (χ0n) is 12.8. The van der Waals surface area contributed by atoms with Crippen LogP contribution in [-0.2, 0) is 11.3 Å². The van der Waals surface area contributed by atoms with Crippen molar-refractivity contribution in [3.63, 3.8) is 0 Å². The highest BCUT2D eigenvalue weighted by atomic mass is 16.6. The van der Waals surface area contributed by atoms with Gasteiger partial charge in [-0.05, 0) is 49.1 Å². The van der Waals surface area contributed by atoms with Crippen LogP contribution in [0.5, 0.6) is 0 Å². The summed E-state index contributed by atoms with van der Waals surface area (Å²) in [6, 6.07) is 7.08. The molecule has 1 saturated carbocycles. The number of fused-ring (bicyclic) bond motifs is 1. The molecule has 22 heavy (non-hydrogen) atoms. The smallest absolute Gasteiger partial charge is 0.410 e. The highest BCUT2D eigenvalue weighted by Crippen LogP contribution is 2.40. The summed E-state index contributed by atoms with van der Waals surface area (Å²) >= 11 is 0. The van der Waals surface area contributed by atoms with Gasteiger partial charge in [-0.15, -0.1) is 0 Å². The van der Waals surface area contributed by atoms with E-state index in [9.17, 15) is 4.79 Å². The number of ether oxygens (including phenoxy) is 1. The molecule has 5 nitrogen and oxygen atoms in total. The number of carbonyl (C=O) groups excluding carboxylic acids is 1. The second-order valence-corrected chi connectivity index (χ2v) is 6.31. The van der Waals surface area contributed by atoms with Gasteiger partial charge in [0.05, 0.1) is 6.54 Å². The number of nitrogens with one attached hydrogen (secondary N) is 2. The van der Waals surface area contributed by atoms with Gasteiger partial charge in [0.1, 0.15) is 6.61 Å². The summed E-state index contributed by atoms with van der Waals surface area (Å²) in [7, 11) is 2.03. The topological polar surface area (TPSA) is 57.4 Å². The molecule has 2 aromatic rings. The fourth-order valence-electron chi connectivity index (χ4n) is 3.52. The molecular weight excluding hydrogens is 278 g/mol. The van der Waals surface area contributed by atoms with Gasteiger partial charge in [0, 0.05) is 29.7 Å². The van der Waals surface area contributed by atoms with Crippen molar-refractivity contribution in [1.82, 2.24) is 15.2 Å². The predicted octanol–water partition coefficient (Wildman–Crippen LogP) is 2.59. The van der Waals surface area contributed by atoms with Gasteiger partial charge < -0.3 is 19.9 Å². The molecule has 2 heterocycles. The first-order chi connectivity index (χ1) is 10.7. The highest BCUT2D eigenvalue weighted by Gasteiger charge is 2.30. The van der Waals surface area contributed by atoms with Crippen molar-refractivity contribution in [2.75, 3.05) is 20.2 Å². The van der Waals surface area contributed by atoms with Gasteiger partial charge in [-0.25, -0.2) is 4.79 Å². The maximum Gasteiger partial charge on any atom is 0.410 e. The largest absolute Gasteiger partial charge is 0.448 e. The molecule has 0 bridgehead atoms. The Kier molecular flexibility index (Phi) is 3.30. The molecule has 4 rings (SSSR count). The standard InChI is InChI=1S/C17H21N3O2/c1-18-13-7-12(8-13)15-9-19-16-3-2-11(6-14(15)16)10-20-4-5-22-17(20)21/h2-3,6,9,12-13,18-19H,4-5,7-8,10H2,1H3. The van der Waals surface area contributed by atoms with Crippen LogP contribution in [0, 0.1) is 0 Å². The third-order valence-electron chi connectivity index (χ3n) is 4.98. The minimum absolute atomic E-state index is 0.203. The first kappa shape index (κ1) is 13.6. The van der Waals surface area contributed by atoms with Gasteiger partial charge in [0.25, 0.3) is 0 Å². The number of nitrogens with zero attached hydrogens (tertiary/aromatic N) is 1. The van der Waals surface area contributed by atoms with E-state index in [-0.39, 0.29) is 6.09 Å². The van der Waals surface area contributed by atoms with E-state index in [0.717, 1.165) is 5.56 Å². The summed E-state index contributed by atoms with van der Waals surface area (Å²) < 4.78 is 5.00. The number of rotatable bonds is 4. The lowest BCUT2D eigenvalue weighted by Crippen LogP contribution is -2.37. The number of aromatic amines is 1. The van der Waals surface area contributed by atoms with Gasteiger partial charge in [-0.3, -0.25) is 0 Å². The van der Waals surface area contributed by atoms with Crippen LogP contribution in [-0.4, -0.2) is 42.2 Å². The van der Waals surface area contributed by atoms with Crippen molar-refractivity contribution in [3.8, 4) is 0 Å².